The van der Waals surface area contributed by atoms with Gasteiger partial charge in [0.05, 0.1) is 12.8 Å². The quantitative estimate of drug-likeness (QED) is 0.770. The summed E-state index contributed by atoms with van der Waals surface area (Å²) in [5.74, 6) is 1.54. The highest BCUT2D eigenvalue weighted by Gasteiger charge is 2.10. The van der Waals surface area contributed by atoms with E-state index in [1.807, 2.05) is 13.2 Å². The molecule has 0 aliphatic carbocycles. The van der Waals surface area contributed by atoms with Gasteiger partial charge in [-0.25, -0.2) is 0 Å². The number of hydrogen-bond acceptors (Lipinski definition) is 3. The standard InChI is InChI=1S/C15H26N2O/c1-5-8-18-14-9-13(10-17-11-14)6-7-15(16-4)12(2)3/h9-12,15-16H,5-8H2,1-4H3. The molecule has 0 saturated carbocycles. The zero-order chi connectivity index (χ0) is 13.4. The molecule has 0 aromatic carbocycles. The van der Waals surface area contributed by atoms with Gasteiger partial charge in [0.15, 0.2) is 0 Å². The zero-order valence-corrected chi connectivity index (χ0v) is 12.1. The molecule has 0 aliphatic heterocycles. The molecule has 0 amide bonds. The number of aromatic nitrogens is 1. The summed E-state index contributed by atoms with van der Waals surface area (Å²) in [5, 5.41) is 3.37. The van der Waals surface area contributed by atoms with Crippen LogP contribution in [0.4, 0.5) is 0 Å². The molecule has 0 saturated heterocycles. The topological polar surface area (TPSA) is 34.1 Å². The van der Waals surface area contributed by atoms with Crippen molar-refractivity contribution in [3.8, 4) is 5.75 Å². The highest BCUT2D eigenvalue weighted by Crippen LogP contribution is 2.15. The fourth-order valence-electron chi connectivity index (χ4n) is 2.03. The second kappa shape index (κ2) is 8.09. The number of pyridine rings is 1. The van der Waals surface area contributed by atoms with E-state index in [4.69, 9.17) is 4.74 Å². The first kappa shape index (κ1) is 15.0. The van der Waals surface area contributed by atoms with E-state index in [-0.39, 0.29) is 0 Å². The lowest BCUT2D eigenvalue weighted by Gasteiger charge is -2.20. The fraction of sp³-hybridized carbons (Fsp3) is 0.667. The lowest BCUT2D eigenvalue weighted by molar-refractivity contribution is 0.315. The van der Waals surface area contributed by atoms with Crippen molar-refractivity contribution < 1.29 is 4.74 Å². The Hall–Kier alpha value is -1.09. The monoisotopic (exact) mass is 250 g/mol. The maximum absolute atomic E-state index is 5.60. The van der Waals surface area contributed by atoms with Gasteiger partial charge in [-0.2, -0.15) is 0 Å². The predicted octanol–water partition coefficient (Wildman–Crippen LogP) is 3.05. The summed E-state index contributed by atoms with van der Waals surface area (Å²) in [6.45, 7) is 7.37. The molecule has 3 heteroatoms. The molecule has 1 atom stereocenters. The van der Waals surface area contributed by atoms with Crippen molar-refractivity contribution >= 4 is 0 Å². The maximum Gasteiger partial charge on any atom is 0.137 e. The fourth-order valence-corrected chi connectivity index (χ4v) is 2.03. The van der Waals surface area contributed by atoms with E-state index in [9.17, 15) is 0 Å². The van der Waals surface area contributed by atoms with Crippen LogP contribution in [0.2, 0.25) is 0 Å². The summed E-state index contributed by atoms with van der Waals surface area (Å²) in [7, 11) is 2.03. The number of hydrogen-bond donors (Lipinski definition) is 1. The molecule has 0 radical (unpaired) electrons. The Balaban J connectivity index is 2.51. The van der Waals surface area contributed by atoms with E-state index in [0.717, 1.165) is 31.6 Å². The Morgan fingerprint density at radius 2 is 2.11 bits per heavy atom. The van der Waals surface area contributed by atoms with E-state index < -0.39 is 0 Å². The molecule has 1 unspecified atom stereocenters. The van der Waals surface area contributed by atoms with Crippen molar-refractivity contribution in [3.63, 3.8) is 0 Å². The smallest absolute Gasteiger partial charge is 0.137 e. The molecule has 102 valence electrons. The van der Waals surface area contributed by atoms with Gasteiger partial charge >= 0.3 is 0 Å². The third-order valence-electron chi connectivity index (χ3n) is 3.16. The van der Waals surface area contributed by atoms with E-state index in [0.29, 0.717) is 12.0 Å². The number of nitrogens with one attached hydrogen (secondary N) is 1. The summed E-state index contributed by atoms with van der Waals surface area (Å²) in [4.78, 5) is 4.24. The summed E-state index contributed by atoms with van der Waals surface area (Å²) in [5.41, 5.74) is 1.25. The Morgan fingerprint density at radius 1 is 1.33 bits per heavy atom. The first-order chi connectivity index (χ1) is 8.67. The number of aryl methyl sites for hydroxylation is 1. The van der Waals surface area contributed by atoms with Crippen LogP contribution >= 0.6 is 0 Å². The van der Waals surface area contributed by atoms with Crippen LogP contribution in [0.5, 0.6) is 5.75 Å². The van der Waals surface area contributed by atoms with Gasteiger partial charge in [-0.15, -0.1) is 0 Å². The molecule has 1 aromatic rings. The van der Waals surface area contributed by atoms with Crippen LogP contribution in [0.15, 0.2) is 18.5 Å². The van der Waals surface area contributed by atoms with Gasteiger partial charge in [0.2, 0.25) is 0 Å². The second-order valence-electron chi connectivity index (χ2n) is 5.06. The molecule has 3 nitrogen and oxygen atoms in total. The van der Waals surface area contributed by atoms with E-state index >= 15 is 0 Å². The van der Waals surface area contributed by atoms with Crippen LogP contribution in [0.25, 0.3) is 0 Å². The van der Waals surface area contributed by atoms with Crippen molar-refractivity contribution in [1.29, 1.82) is 0 Å². The van der Waals surface area contributed by atoms with Crippen molar-refractivity contribution in [2.45, 2.75) is 46.1 Å². The third kappa shape index (κ3) is 5.05. The minimum Gasteiger partial charge on any atom is -0.492 e. The van der Waals surface area contributed by atoms with Crippen molar-refractivity contribution in [3.05, 3.63) is 24.0 Å². The zero-order valence-electron chi connectivity index (χ0n) is 12.1. The molecule has 1 N–H and O–H groups in total. The Labute approximate surface area is 111 Å². The van der Waals surface area contributed by atoms with Crippen molar-refractivity contribution in [2.75, 3.05) is 13.7 Å². The van der Waals surface area contributed by atoms with Gasteiger partial charge < -0.3 is 10.1 Å². The second-order valence-corrected chi connectivity index (χ2v) is 5.06. The highest BCUT2D eigenvalue weighted by atomic mass is 16.5. The Morgan fingerprint density at radius 3 is 2.72 bits per heavy atom. The maximum atomic E-state index is 5.60. The highest BCUT2D eigenvalue weighted by molar-refractivity contribution is 5.23. The predicted molar refractivity (Wildman–Crippen MR) is 76.0 cm³/mol. The molecule has 1 aromatic heterocycles. The minimum absolute atomic E-state index is 0.560. The molecule has 18 heavy (non-hydrogen) atoms. The first-order valence-electron chi connectivity index (χ1n) is 6.91. The molecule has 0 bridgehead atoms. The SMILES string of the molecule is CCCOc1cncc(CCC(NC)C(C)C)c1. The third-order valence-corrected chi connectivity index (χ3v) is 3.16. The number of nitrogens with zero attached hydrogens (tertiary/aromatic N) is 1. The van der Waals surface area contributed by atoms with Gasteiger partial charge in [-0.3, -0.25) is 4.98 Å². The molecular weight excluding hydrogens is 224 g/mol. The largest absolute Gasteiger partial charge is 0.492 e. The van der Waals surface area contributed by atoms with Crippen LogP contribution in [-0.2, 0) is 6.42 Å². The minimum atomic E-state index is 0.560. The Bertz CT molecular complexity index is 339. The van der Waals surface area contributed by atoms with Crippen LogP contribution < -0.4 is 10.1 Å². The van der Waals surface area contributed by atoms with E-state index in [1.165, 1.54) is 5.56 Å². The van der Waals surface area contributed by atoms with Crippen LogP contribution in [0, 0.1) is 5.92 Å². The molecule has 0 aliphatic rings. The van der Waals surface area contributed by atoms with Crippen LogP contribution in [-0.4, -0.2) is 24.7 Å². The summed E-state index contributed by atoms with van der Waals surface area (Å²) in [6.07, 6.45) is 6.93. The summed E-state index contributed by atoms with van der Waals surface area (Å²) >= 11 is 0. The lowest BCUT2D eigenvalue weighted by atomic mass is 9.97. The van der Waals surface area contributed by atoms with Gasteiger partial charge in [0.25, 0.3) is 0 Å². The van der Waals surface area contributed by atoms with E-state index in [2.05, 4.69) is 37.1 Å². The van der Waals surface area contributed by atoms with Crippen molar-refractivity contribution in [1.82, 2.24) is 10.3 Å². The van der Waals surface area contributed by atoms with E-state index in [1.54, 1.807) is 6.20 Å². The molecular formula is C15H26N2O. The average molecular weight is 250 g/mol. The Kier molecular flexibility index (Phi) is 6.73. The van der Waals surface area contributed by atoms with Crippen LogP contribution in [0.3, 0.4) is 0 Å². The molecule has 0 spiro atoms. The van der Waals surface area contributed by atoms with Gasteiger partial charge in [0, 0.05) is 12.2 Å². The summed E-state index contributed by atoms with van der Waals surface area (Å²) in [6, 6.07) is 2.67. The van der Waals surface area contributed by atoms with Gasteiger partial charge in [0.1, 0.15) is 5.75 Å². The normalized spacial score (nSPS) is 12.7. The van der Waals surface area contributed by atoms with Gasteiger partial charge in [-0.05, 0) is 43.9 Å². The summed E-state index contributed by atoms with van der Waals surface area (Å²) < 4.78 is 5.60. The van der Waals surface area contributed by atoms with Crippen LogP contribution in [0.1, 0.15) is 39.2 Å². The van der Waals surface area contributed by atoms with Gasteiger partial charge in [-0.1, -0.05) is 20.8 Å². The van der Waals surface area contributed by atoms with Crippen molar-refractivity contribution in [2.24, 2.45) is 5.92 Å². The number of ether oxygens (including phenoxy) is 1. The lowest BCUT2D eigenvalue weighted by Crippen LogP contribution is -2.31. The number of rotatable bonds is 8. The molecule has 1 heterocycles. The molecule has 1 rings (SSSR count). The average Bonchev–Trinajstić information content (AvgIpc) is 2.37. The molecule has 0 fully saturated rings. The first-order valence-corrected chi connectivity index (χ1v) is 6.91.